The summed E-state index contributed by atoms with van der Waals surface area (Å²) in [4.78, 5) is 31.5. The van der Waals surface area contributed by atoms with E-state index < -0.39 is 9.84 Å². The summed E-state index contributed by atoms with van der Waals surface area (Å²) < 4.78 is 27.5. The van der Waals surface area contributed by atoms with Crippen molar-refractivity contribution in [2.24, 2.45) is 7.05 Å². The number of H-pyrrole nitrogens is 1. The number of piperazine rings is 1. The van der Waals surface area contributed by atoms with Gasteiger partial charge in [0.15, 0.2) is 0 Å². The first-order chi connectivity index (χ1) is 16.7. The van der Waals surface area contributed by atoms with Crippen molar-refractivity contribution >= 4 is 44.1 Å². The summed E-state index contributed by atoms with van der Waals surface area (Å²) in [6.45, 7) is 2.13. The molecular weight excluding hydrogens is 490 g/mol. The number of hydrogen-bond acceptors (Lipinski definition) is 6. The van der Waals surface area contributed by atoms with Gasteiger partial charge < -0.3 is 14.8 Å². The Bertz CT molecular complexity index is 1590. The van der Waals surface area contributed by atoms with Crippen LogP contribution in [0, 0.1) is 0 Å². The second-order valence-corrected chi connectivity index (χ2v) is 10.7. The minimum absolute atomic E-state index is 0.108. The average molecular weight is 512 g/mol. The lowest BCUT2D eigenvalue weighted by molar-refractivity contribution is 0.0746. The van der Waals surface area contributed by atoms with Crippen LogP contribution in [-0.4, -0.2) is 60.2 Å². The summed E-state index contributed by atoms with van der Waals surface area (Å²) in [5, 5.41) is 5.54. The molecule has 1 N–H and O–H groups in total. The van der Waals surface area contributed by atoms with E-state index >= 15 is 0 Å². The topological polar surface area (TPSA) is 108 Å². The standard InChI is InChI=1S/C24H22ClN5O4S/c1-28-23(31)9-8-22(27-28)29-10-12-30(13-11-29)24(32)16-2-4-17(5-3-16)35(33,34)18-6-7-19-20(25)15-26-21(19)14-18/h2-9,14-15,26H,10-13H2,1H3. The first-order valence-electron chi connectivity index (χ1n) is 10.9. The van der Waals surface area contributed by atoms with E-state index in [4.69, 9.17) is 11.6 Å². The number of aromatic nitrogens is 3. The molecule has 5 rings (SSSR count). The molecule has 180 valence electrons. The number of aryl methyl sites for hydroxylation is 1. The summed E-state index contributed by atoms with van der Waals surface area (Å²) in [6.07, 6.45) is 1.61. The molecule has 1 amide bonds. The van der Waals surface area contributed by atoms with Crippen LogP contribution in [-0.2, 0) is 16.9 Å². The van der Waals surface area contributed by atoms with Gasteiger partial charge in [-0.3, -0.25) is 9.59 Å². The SMILES string of the molecule is Cn1nc(N2CCN(C(=O)c3ccc(S(=O)(=O)c4ccc5c(Cl)c[nH]c5c4)cc3)CC2)ccc1=O. The number of carbonyl (C=O) groups excluding carboxylic acids is 1. The number of anilines is 1. The molecule has 0 aliphatic carbocycles. The van der Waals surface area contributed by atoms with Crippen molar-refractivity contribution in [3.05, 3.63) is 81.7 Å². The lowest BCUT2D eigenvalue weighted by Gasteiger charge is -2.35. The Kier molecular flexibility index (Phi) is 5.86. The lowest BCUT2D eigenvalue weighted by atomic mass is 10.2. The molecule has 35 heavy (non-hydrogen) atoms. The van der Waals surface area contributed by atoms with Gasteiger partial charge >= 0.3 is 0 Å². The molecule has 2 aromatic carbocycles. The van der Waals surface area contributed by atoms with E-state index in [2.05, 4.69) is 10.1 Å². The molecule has 0 saturated carbocycles. The molecule has 9 nitrogen and oxygen atoms in total. The first-order valence-corrected chi connectivity index (χ1v) is 12.8. The van der Waals surface area contributed by atoms with Crippen LogP contribution in [0.1, 0.15) is 10.4 Å². The summed E-state index contributed by atoms with van der Waals surface area (Å²) in [6, 6.07) is 13.9. The zero-order valence-electron chi connectivity index (χ0n) is 18.8. The number of carbonyl (C=O) groups is 1. The molecule has 0 bridgehead atoms. The Morgan fingerprint density at radius 2 is 1.66 bits per heavy atom. The van der Waals surface area contributed by atoms with Gasteiger partial charge in [0, 0.05) is 62.0 Å². The van der Waals surface area contributed by atoms with Crippen molar-refractivity contribution in [3.8, 4) is 0 Å². The van der Waals surface area contributed by atoms with Crippen LogP contribution in [0.2, 0.25) is 5.02 Å². The van der Waals surface area contributed by atoms with Gasteiger partial charge in [-0.15, -0.1) is 0 Å². The summed E-state index contributed by atoms with van der Waals surface area (Å²) in [7, 11) is -2.16. The van der Waals surface area contributed by atoms with Crippen LogP contribution in [0.5, 0.6) is 0 Å². The second-order valence-electron chi connectivity index (χ2n) is 8.30. The van der Waals surface area contributed by atoms with Gasteiger partial charge in [-0.2, -0.15) is 5.10 Å². The van der Waals surface area contributed by atoms with Crippen molar-refractivity contribution in [3.63, 3.8) is 0 Å². The first kappa shape index (κ1) is 23.1. The van der Waals surface area contributed by atoms with Gasteiger partial charge in [-0.05, 0) is 42.5 Å². The van der Waals surface area contributed by atoms with Crippen molar-refractivity contribution in [1.82, 2.24) is 19.7 Å². The molecule has 1 aliphatic heterocycles. The fraction of sp³-hybridized carbons (Fsp3) is 0.208. The zero-order valence-corrected chi connectivity index (χ0v) is 20.4. The third-order valence-corrected chi connectivity index (χ3v) is 8.24. The number of benzene rings is 2. The molecule has 11 heteroatoms. The number of amides is 1. The van der Waals surface area contributed by atoms with Crippen molar-refractivity contribution in [2.75, 3.05) is 31.1 Å². The number of hydrogen-bond donors (Lipinski definition) is 1. The van der Waals surface area contributed by atoms with E-state index in [0.717, 1.165) is 5.39 Å². The van der Waals surface area contributed by atoms with Crippen LogP contribution in [0.3, 0.4) is 0 Å². The van der Waals surface area contributed by atoms with E-state index in [-0.39, 0.29) is 21.3 Å². The van der Waals surface area contributed by atoms with Crippen LogP contribution < -0.4 is 10.5 Å². The molecule has 0 spiro atoms. The Morgan fingerprint density at radius 1 is 0.971 bits per heavy atom. The largest absolute Gasteiger partial charge is 0.360 e. The van der Waals surface area contributed by atoms with Crippen LogP contribution in [0.4, 0.5) is 5.82 Å². The molecule has 0 radical (unpaired) electrons. The third-order valence-electron chi connectivity index (χ3n) is 6.16. The molecular formula is C24H22ClN5O4S. The Balaban J connectivity index is 1.28. The van der Waals surface area contributed by atoms with Gasteiger partial charge in [0.1, 0.15) is 5.82 Å². The Hall–Kier alpha value is -3.63. The van der Waals surface area contributed by atoms with E-state index in [1.807, 2.05) is 4.90 Å². The molecule has 0 unspecified atom stereocenters. The quantitative estimate of drug-likeness (QED) is 0.451. The van der Waals surface area contributed by atoms with E-state index in [9.17, 15) is 18.0 Å². The molecule has 3 heterocycles. The van der Waals surface area contributed by atoms with E-state index in [1.54, 1.807) is 48.5 Å². The number of nitrogens with one attached hydrogen (secondary N) is 1. The molecule has 4 aromatic rings. The summed E-state index contributed by atoms with van der Waals surface area (Å²) >= 11 is 6.08. The average Bonchev–Trinajstić information content (AvgIpc) is 3.25. The number of aromatic amines is 1. The molecule has 0 atom stereocenters. The van der Waals surface area contributed by atoms with E-state index in [0.29, 0.717) is 48.1 Å². The number of sulfone groups is 1. The highest BCUT2D eigenvalue weighted by Gasteiger charge is 2.24. The molecule has 1 aliphatic rings. The number of fused-ring (bicyclic) bond motifs is 1. The normalized spacial score (nSPS) is 14.5. The summed E-state index contributed by atoms with van der Waals surface area (Å²) in [5.74, 6) is 0.526. The number of nitrogens with zero attached hydrogens (tertiary/aromatic N) is 4. The number of halogens is 1. The fourth-order valence-electron chi connectivity index (χ4n) is 4.13. The van der Waals surface area contributed by atoms with Crippen molar-refractivity contribution in [1.29, 1.82) is 0 Å². The summed E-state index contributed by atoms with van der Waals surface area (Å²) in [5.41, 5.74) is 0.876. The highest BCUT2D eigenvalue weighted by molar-refractivity contribution is 7.91. The highest BCUT2D eigenvalue weighted by Crippen LogP contribution is 2.28. The minimum atomic E-state index is -3.76. The van der Waals surface area contributed by atoms with Crippen molar-refractivity contribution in [2.45, 2.75) is 9.79 Å². The third kappa shape index (κ3) is 4.30. The number of rotatable bonds is 4. The van der Waals surface area contributed by atoms with Crippen LogP contribution in [0.15, 0.2) is 75.4 Å². The van der Waals surface area contributed by atoms with Gasteiger partial charge in [0.25, 0.3) is 11.5 Å². The maximum absolute atomic E-state index is 13.1. The van der Waals surface area contributed by atoms with Crippen molar-refractivity contribution < 1.29 is 13.2 Å². The minimum Gasteiger partial charge on any atom is -0.360 e. The Morgan fingerprint density at radius 3 is 2.34 bits per heavy atom. The van der Waals surface area contributed by atoms with Gasteiger partial charge in [0.05, 0.1) is 14.8 Å². The molecule has 2 aromatic heterocycles. The lowest BCUT2D eigenvalue weighted by Crippen LogP contribution is -2.49. The van der Waals surface area contributed by atoms with Crippen LogP contribution >= 0.6 is 11.6 Å². The maximum atomic E-state index is 13.1. The molecule has 1 saturated heterocycles. The van der Waals surface area contributed by atoms with Gasteiger partial charge in [-0.1, -0.05) is 17.7 Å². The Labute approximate surface area is 206 Å². The predicted octanol–water partition coefficient (Wildman–Crippen LogP) is 2.71. The monoisotopic (exact) mass is 511 g/mol. The van der Waals surface area contributed by atoms with E-state index in [1.165, 1.54) is 28.9 Å². The zero-order chi connectivity index (χ0) is 24.7. The predicted molar refractivity (Wildman–Crippen MR) is 133 cm³/mol. The van der Waals surface area contributed by atoms with Crippen LogP contribution in [0.25, 0.3) is 10.9 Å². The fourth-order valence-corrected chi connectivity index (χ4v) is 5.64. The maximum Gasteiger partial charge on any atom is 0.266 e. The smallest absolute Gasteiger partial charge is 0.266 e. The molecule has 1 fully saturated rings. The highest BCUT2D eigenvalue weighted by atomic mass is 35.5. The van der Waals surface area contributed by atoms with Gasteiger partial charge in [-0.25, -0.2) is 13.1 Å². The second kappa shape index (κ2) is 8.86. The van der Waals surface area contributed by atoms with Gasteiger partial charge in [0.2, 0.25) is 9.84 Å².